The lowest BCUT2D eigenvalue weighted by atomic mass is 9.93. The van der Waals surface area contributed by atoms with Crippen molar-refractivity contribution in [3.05, 3.63) is 69.0 Å². The molecule has 0 N–H and O–H groups in total. The first-order valence-corrected chi connectivity index (χ1v) is 13.5. The number of likely N-dealkylation sites (tertiary alicyclic amines) is 1. The summed E-state index contributed by atoms with van der Waals surface area (Å²) in [6, 6.07) is 7.99. The molecule has 0 bridgehead atoms. The summed E-state index contributed by atoms with van der Waals surface area (Å²) in [5.74, 6) is -1.49. The summed E-state index contributed by atoms with van der Waals surface area (Å²) < 4.78 is 64.1. The predicted octanol–water partition coefficient (Wildman–Crippen LogP) is 5.91. The van der Waals surface area contributed by atoms with Crippen LogP contribution in [0.1, 0.15) is 29.0 Å². The number of alkyl halides is 3. The number of hydrogen-bond acceptors (Lipinski definition) is 5. The molecule has 2 aliphatic heterocycles. The second-order valence-electron chi connectivity index (χ2n) is 9.90. The average molecular weight is 592 g/mol. The molecule has 4 rings (SSSR count). The van der Waals surface area contributed by atoms with E-state index in [1.165, 1.54) is 6.07 Å². The molecule has 2 heterocycles. The second-order valence-corrected chi connectivity index (χ2v) is 10.7. The first-order chi connectivity index (χ1) is 18.5. The number of carbonyl (C=O) groups excluding carboxylic acids is 1. The molecule has 12 heteroatoms. The number of hydrogen-bond donors (Lipinski definition) is 0. The van der Waals surface area contributed by atoms with Gasteiger partial charge in [0, 0.05) is 51.2 Å². The second kappa shape index (κ2) is 13.0. The van der Waals surface area contributed by atoms with Crippen molar-refractivity contribution in [2.24, 2.45) is 0 Å². The van der Waals surface area contributed by atoms with E-state index in [1.807, 2.05) is 11.0 Å². The molecule has 0 aromatic heterocycles. The molecular formula is C27H31Cl2F4N3O3. The fraction of sp³-hybridized carbons (Fsp3) is 0.519. The van der Waals surface area contributed by atoms with Crippen molar-refractivity contribution in [3.63, 3.8) is 0 Å². The molecule has 0 saturated carbocycles. The number of likely N-dealkylation sites (N-methyl/N-ethyl adjacent to an activating group) is 1. The zero-order valence-electron chi connectivity index (χ0n) is 21.5. The van der Waals surface area contributed by atoms with Crippen LogP contribution >= 0.6 is 23.2 Å². The molecule has 0 radical (unpaired) electrons. The van der Waals surface area contributed by atoms with Crippen molar-refractivity contribution in [1.29, 1.82) is 0 Å². The fourth-order valence-electron chi connectivity index (χ4n) is 5.11. The lowest BCUT2D eigenvalue weighted by Gasteiger charge is -2.29. The van der Waals surface area contributed by atoms with Gasteiger partial charge >= 0.3 is 12.3 Å². The number of carbonyl (C=O) groups is 1. The summed E-state index contributed by atoms with van der Waals surface area (Å²) in [7, 11) is 1.79. The van der Waals surface area contributed by atoms with Gasteiger partial charge in [-0.1, -0.05) is 35.3 Å². The van der Waals surface area contributed by atoms with Crippen molar-refractivity contribution in [2.75, 3.05) is 59.6 Å². The topological polar surface area (TPSA) is 45.2 Å². The molecule has 6 nitrogen and oxygen atoms in total. The summed E-state index contributed by atoms with van der Waals surface area (Å²) in [5, 5.41) is 0.782. The van der Waals surface area contributed by atoms with Gasteiger partial charge in [-0.25, -0.2) is 9.18 Å². The average Bonchev–Trinajstić information content (AvgIpc) is 3.34. The van der Waals surface area contributed by atoms with Crippen LogP contribution in [0.4, 0.5) is 22.4 Å². The van der Waals surface area contributed by atoms with Crippen molar-refractivity contribution >= 4 is 29.3 Å². The minimum atomic E-state index is -4.76. The van der Waals surface area contributed by atoms with E-state index < -0.39 is 23.7 Å². The highest BCUT2D eigenvalue weighted by Crippen LogP contribution is 2.36. The van der Waals surface area contributed by atoms with Crippen LogP contribution in [0.15, 0.2) is 36.4 Å². The maximum Gasteiger partial charge on any atom is 0.419 e. The van der Waals surface area contributed by atoms with Gasteiger partial charge in [0.1, 0.15) is 5.82 Å². The molecule has 2 fully saturated rings. The summed E-state index contributed by atoms with van der Waals surface area (Å²) in [4.78, 5) is 18.7. The Balaban J connectivity index is 1.43. The molecule has 2 atom stereocenters. The molecular weight excluding hydrogens is 561 g/mol. The zero-order valence-corrected chi connectivity index (χ0v) is 23.0. The lowest BCUT2D eigenvalue weighted by molar-refractivity contribution is -0.140. The van der Waals surface area contributed by atoms with Gasteiger partial charge in [0.2, 0.25) is 0 Å². The van der Waals surface area contributed by atoms with Crippen LogP contribution in [0.5, 0.6) is 0 Å². The highest BCUT2D eigenvalue weighted by Gasteiger charge is 2.39. The number of morpholine rings is 1. The summed E-state index contributed by atoms with van der Waals surface area (Å²) >= 11 is 12.4. The van der Waals surface area contributed by atoms with E-state index in [9.17, 15) is 22.4 Å². The molecule has 1 amide bonds. The third-order valence-electron chi connectivity index (χ3n) is 7.20. The molecule has 2 aromatic carbocycles. The van der Waals surface area contributed by atoms with Gasteiger partial charge in [-0.2, -0.15) is 13.2 Å². The Kier molecular flexibility index (Phi) is 9.98. The largest absolute Gasteiger partial charge is 0.449 e. The van der Waals surface area contributed by atoms with Gasteiger partial charge < -0.3 is 14.4 Å². The van der Waals surface area contributed by atoms with E-state index in [-0.39, 0.29) is 25.1 Å². The van der Waals surface area contributed by atoms with Crippen LogP contribution in [-0.2, 0) is 22.2 Å². The van der Waals surface area contributed by atoms with Crippen molar-refractivity contribution in [3.8, 4) is 0 Å². The number of rotatable bonds is 8. The van der Waals surface area contributed by atoms with Gasteiger partial charge in [-0.3, -0.25) is 9.80 Å². The van der Waals surface area contributed by atoms with Crippen LogP contribution in [0.3, 0.4) is 0 Å². The monoisotopic (exact) mass is 591 g/mol. The lowest BCUT2D eigenvalue weighted by Crippen LogP contribution is -2.38. The van der Waals surface area contributed by atoms with Crippen LogP contribution in [-0.4, -0.2) is 86.4 Å². The standard InChI is InChI=1S/C27H31Cl2F4N3O3/c1-34(15-18-3-5-21(24(30)13-18)27(31,32)33)25-17-36(16-20(25)19-4-6-22(28)23(29)14-19)26(37)39-10-2-7-35-8-11-38-12-9-35/h3-6,13-14,20,25H,2,7-12,15-17H2,1H3. The Hall–Kier alpha value is -2.11. The number of nitrogens with zero attached hydrogens (tertiary/aromatic N) is 3. The quantitative estimate of drug-likeness (QED) is 0.282. The predicted molar refractivity (Wildman–Crippen MR) is 141 cm³/mol. The normalized spacial score (nSPS) is 20.6. The van der Waals surface area contributed by atoms with E-state index in [1.54, 1.807) is 24.1 Å². The Morgan fingerprint density at radius 3 is 2.51 bits per heavy atom. The number of amides is 1. The van der Waals surface area contributed by atoms with Crippen molar-refractivity contribution in [1.82, 2.24) is 14.7 Å². The van der Waals surface area contributed by atoms with Crippen molar-refractivity contribution < 1.29 is 31.8 Å². The Labute approximate surface area is 235 Å². The van der Waals surface area contributed by atoms with E-state index in [4.69, 9.17) is 32.7 Å². The molecule has 2 aliphatic rings. The van der Waals surface area contributed by atoms with Gasteiger partial charge in [0.15, 0.2) is 0 Å². The smallest absolute Gasteiger partial charge is 0.419 e. The van der Waals surface area contributed by atoms with E-state index in [2.05, 4.69) is 4.90 Å². The Morgan fingerprint density at radius 1 is 1.10 bits per heavy atom. The summed E-state index contributed by atoms with van der Waals surface area (Å²) in [6.45, 7) is 5.11. The molecule has 214 valence electrons. The van der Waals surface area contributed by atoms with Crippen LogP contribution in [0.2, 0.25) is 10.0 Å². The SMILES string of the molecule is CN(Cc1ccc(C(F)(F)F)c(F)c1)C1CN(C(=O)OCCCN2CCOCC2)CC1c1ccc(Cl)c(Cl)c1. The number of benzene rings is 2. The maximum absolute atomic E-state index is 14.2. The minimum absolute atomic E-state index is 0.176. The summed E-state index contributed by atoms with van der Waals surface area (Å²) in [5.41, 5.74) is -0.0477. The minimum Gasteiger partial charge on any atom is -0.449 e. The first kappa shape index (κ1) is 29.9. The first-order valence-electron chi connectivity index (χ1n) is 12.8. The Bertz CT molecular complexity index is 1150. The third kappa shape index (κ3) is 7.76. The molecule has 0 aliphatic carbocycles. The van der Waals surface area contributed by atoms with E-state index in [0.29, 0.717) is 48.3 Å². The molecule has 39 heavy (non-hydrogen) atoms. The fourth-order valence-corrected chi connectivity index (χ4v) is 5.42. The van der Waals surface area contributed by atoms with Gasteiger partial charge in [0.25, 0.3) is 0 Å². The maximum atomic E-state index is 14.2. The Morgan fingerprint density at radius 2 is 1.85 bits per heavy atom. The van der Waals surface area contributed by atoms with Crippen LogP contribution in [0.25, 0.3) is 0 Å². The van der Waals surface area contributed by atoms with Crippen LogP contribution < -0.4 is 0 Å². The van der Waals surface area contributed by atoms with Crippen LogP contribution in [0, 0.1) is 5.82 Å². The molecule has 0 spiro atoms. The molecule has 2 unspecified atom stereocenters. The van der Waals surface area contributed by atoms with E-state index in [0.717, 1.165) is 37.3 Å². The van der Waals surface area contributed by atoms with Gasteiger partial charge in [-0.05, 0) is 48.9 Å². The van der Waals surface area contributed by atoms with Crippen molar-refractivity contribution in [2.45, 2.75) is 31.1 Å². The highest BCUT2D eigenvalue weighted by atomic mass is 35.5. The van der Waals surface area contributed by atoms with Gasteiger partial charge in [-0.15, -0.1) is 0 Å². The number of ether oxygens (including phenoxy) is 2. The third-order valence-corrected chi connectivity index (χ3v) is 7.94. The molecule has 2 saturated heterocycles. The summed E-state index contributed by atoms with van der Waals surface area (Å²) in [6.07, 6.45) is -4.49. The zero-order chi connectivity index (χ0) is 28.2. The molecule has 2 aromatic rings. The number of halogens is 6. The van der Waals surface area contributed by atoms with E-state index >= 15 is 0 Å². The highest BCUT2D eigenvalue weighted by molar-refractivity contribution is 6.42. The van der Waals surface area contributed by atoms with Gasteiger partial charge in [0.05, 0.1) is 35.4 Å².